The summed E-state index contributed by atoms with van der Waals surface area (Å²) in [5.74, 6) is 0. The smallest absolute Gasteiger partial charge is 0.286 e. The molecular weight excluding hydrogens is 404 g/mol. The minimum Gasteiger partial charge on any atom is -0.319 e. The number of pyridine rings is 1. The first-order chi connectivity index (χ1) is 13.9. The van der Waals surface area contributed by atoms with E-state index in [2.05, 4.69) is 6.92 Å². The van der Waals surface area contributed by atoms with Crippen LogP contribution in [0.25, 0.3) is 11.3 Å². The lowest BCUT2D eigenvalue weighted by atomic mass is 10.1. The molecule has 1 aliphatic rings. The van der Waals surface area contributed by atoms with Crippen LogP contribution >= 0.6 is 11.8 Å². The van der Waals surface area contributed by atoms with Crippen LogP contribution in [0.5, 0.6) is 0 Å². The first-order valence-electron chi connectivity index (χ1n) is 9.55. The molecule has 0 amide bonds. The molecule has 0 fully saturated rings. The van der Waals surface area contributed by atoms with Crippen molar-refractivity contribution in [1.82, 2.24) is 4.98 Å². The van der Waals surface area contributed by atoms with E-state index in [9.17, 15) is 13.0 Å². The van der Waals surface area contributed by atoms with Crippen LogP contribution in [-0.2, 0) is 16.5 Å². The maximum Gasteiger partial charge on any atom is 0.286 e. The Morgan fingerprint density at radius 3 is 2.45 bits per heavy atom. The molecule has 3 aromatic rings. The third-order valence-electron chi connectivity index (χ3n) is 5.01. The molecule has 1 aromatic heterocycles. The van der Waals surface area contributed by atoms with Gasteiger partial charge < -0.3 is 4.90 Å². The van der Waals surface area contributed by atoms with E-state index in [0.29, 0.717) is 0 Å². The van der Waals surface area contributed by atoms with Crippen molar-refractivity contribution in [3.05, 3.63) is 66.4 Å². The summed E-state index contributed by atoms with van der Waals surface area (Å²) in [5, 5.41) is -1.08. The van der Waals surface area contributed by atoms with Gasteiger partial charge in [-0.3, -0.25) is 9.54 Å². The minimum absolute atomic E-state index is 0.244. The molecule has 150 valence electrons. The van der Waals surface area contributed by atoms with Crippen molar-refractivity contribution in [2.24, 2.45) is 0 Å². The third-order valence-corrected chi connectivity index (χ3v) is 7.36. The summed E-state index contributed by atoms with van der Waals surface area (Å²) in [5.41, 5.74) is 4.14. The summed E-state index contributed by atoms with van der Waals surface area (Å²) in [6, 6.07) is 19.5. The average molecular weight is 427 g/mol. The van der Waals surface area contributed by atoms with E-state index >= 15 is 0 Å². The normalized spacial score (nSPS) is 14.2. The van der Waals surface area contributed by atoms with Crippen molar-refractivity contribution >= 4 is 33.3 Å². The van der Waals surface area contributed by atoms with Gasteiger partial charge in [0.2, 0.25) is 0 Å². The van der Waals surface area contributed by atoms with E-state index in [1.54, 1.807) is 23.6 Å². The number of nitrogens with zero attached hydrogens (tertiary/aromatic N) is 2. The van der Waals surface area contributed by atoms with Crippen LogP contribution in [0.3, 0.4) is 0 Å². The Bertz CT molecular complexity index is 1160. The van der Waals surface area contributed by atoms with Crippen LogP contribution in [-0.4, -0.2) is 23.3 Å². The van der Waals surface area contributed by atoms with Crippen LogP contribution in [0.1, 0.15) is 26.0 Å². The van der Waals surface area contributed by atoms with E-state index in [-0.39, 0.29) is 6.42 Å². The van der Waals surface area contributed by atoms with Crippen LogP contribution in [0.15, 0.2) is 70.5 Å². The Morgan fingerprint density at radius 1 is 1.00 bits per heavy atom. The Morgan fingerprint density at radius 2 is 1.72 bits per heavy atom. The molecule has 0 aliphatic carbocycles. The van der Waals surface area contributed by atoms with Gasteiger partial charge in [-0.05, 0) is 43.2 Å². The zero-order valence-electron chi connectivity index (χ0n) is 16.2. The molecule has 0 saturated heterocycles. The van der Waals surface area contributed by atoms with Gasteiger partial charge in [-0.2, -0.15) is 8.42 Å². The Kier molecular flexibility index (Phi) is 5.38. The minimum atomic E-state index is -4.32. The quantitative estimate of drug-likeness (QED) is 0.540. The van der Waals surface area contributed by atoms with E-state index < -0.39 is 15.5 Å². The predicted molar refractivity (Wildman–Crippen MR) is 117 cm³/mol. The highest BCUT2D eigenvalue weighted by Gasteiger charge is 2.36. The second-order valence-corrected chi connectivity index (χ2v) is 9.50. The number of anilines is 2. The van der Waals surface area contributed by atoms with Crippen molar-refractivity contribution in [2.45, 2.75) is 41.9 Å². The monoisotopic (exact) mass is 426 g/mol. The number of fused-ring (bicyclic) bond motifs is 2. The van der Waals surface area contributed by atoms with Crippen molar-refractivity contribution in [3.8, 4) is 11.3 Å². The fourth-order valence-electron chi connectivity index (χ4n) is 3.69. The van der Waals surface area contributed by atoms with Gasteiger partial charge in [0.05, 0.1) is 17.1 Å². The number of para-hydroxylation sites is 2. The largest absolute Gasteiger partial charge is 0.319 e. The van der Waals surface area contributed by atoms with Gasteiger partial charge >= 0.3 is 0 Å². The predicted octanol–water partition coefficient (Wildman–Crippen LogP) is 5.54. The van der Waals surface area contributed by atoms with Gasteiger partial charge in [-0.1, -0.05) is 55.9 Å². The van der Waals surface area contributed by atoms with Crippen LogP contribution in [0, 0.1) is 0 Å². The van der Waals surface area contributed by atoms with Crippen molar-refractivity contribution in [3.63, 3.8) is 0 Å². The van der Waals surface area contributed by atoms with Gasteiger partial charge in [0, 0.05) is 21.0 Å². The van der Waals surface area contributed by atoms with Crippen molar-refractivity contribution in [1.29, 1.82) is 0 Å². The fourth-order valence-corrected chi connectivity index (χ4v) is 5.71. The molecule has 4 rings (SSSR count). The highest BCUT2D eigenvalue weighted by atomic mass is 32.2. The third kappa shape index (κ3) is 3.66. The second kappa shape index (κ2) is 7.82. The SMILES string of the molecule is CCc1cccc(-c2cccc3c2N(C(CC)S(=O)(=O)O)c2ccccc2S3)n1. The number of aromatic nitrogens is 1. The Labute approximate surface area is 175 Å². The number of aryl methyl sites for hydroxylation is 1. The van der Waals surface area contributed by atoms with Crippen molar-refractivity contribution in [2.75, 3.05) is 4.90 Å². The molecule has 2 aromatic carbocycles. The lowest BCUT2D eigenvalue weighted by Crippen LogP contribution is -2.39. The molecule has 1 aliphatic heterocycles. The Hall–Kier alpha value is -2.35. The number of hydrogen-bond acceptors (Lipinski definition) is 5. The number of hydrogen-bond donors (Lipinski definition) is 1. The van der Waals surface area contributed by atoms with Crippen LogP contribution in [0.2, 0.25) is 0 Å². The van der Waals surface area contributed by atoms with E-state index in [0.717, 1.165) is 44.5 Å². The summed E-state index contributed by atoms with van der Waals surface area (Å²) in [7, 11) is -4.32. The molecule has 7 heteroatoms. The molecule has 0 saturated carbocycles. The first-order valence-corrected chi connectivity index (χ1v) is 11.9. The summed E-state index contributed by atoms with van der Waals surface area (Å²) in [4.78, 5) is 8.41. The lowest BCUT2D eigenvalue weighted by Gasteiger charge is -2.38. The number of rotatable bonds is 5. The first kappa shape index (κ1) is 19.9. The molecule has 0 spiro atoms. The standard InChI is InChI=1S/C22H22N2O3S2/c1-3-15-9-7-11-17(23-15)16-10-8-14-20-22(16)24(21(4-2)29(25,26)27)18-12-5-6-13-19(18)28-20/h5-14,21H,3-4H2,1-2H3,(H,25,26,27). The van der Waals surface area contributed by atoms with Gasteiger partial charge in [-0.15, -0.1) is 0 Å². The maximum absolute atomic E-state index is 12.3. The Balaban J connectivity index is 2.00. The molecule has 1 N–H and O–H groups in total. The van der Waals surface area contributed by atoms with Crippen LogP contribution in [0.4, 0.5) is 11.4 Å². The van der Waals surface area contributed by atoms with Gasteiger partial charge in [0.15, 0.2) is 5.37 Å². The fraction of sp³-hybridized carbons (Fsp3) is 0.227. The molecule has 0 radical (unpaired) electrons. The summed E-state index contributed by atoms with van der Waals surface area (Å²) in [6.45, 7) is 3.82. The topological polar surface area (TPSA) is 70.5 Å². The molecule has 1 unspecified atom stereocenters. The lowest BCUT2D eigenvalue weighted by molar-refractivity contribution is 0.464. The van der Waals surface area contributed by atoms with Gasteiger partial charge in [0.25, 0.3) is 10.1 Å². The van der Waals surface area contributed by atoms with Crippen LogP contribution < -0.4 is 4.90 Å². The highest BCUT2D eigenvalue weighted by molar-refractivity contribution is 7.99. The van der Waals surface area contributed by atoms with Gasteiger partial charge in [0.1, 0.15) is 0 Å². The van der Waals surface area contributed by atoms with Gasteiger partial charge in [-0.25, -0.2) is 0 Å². The molecular formula is C22H22N2O3S2. The maximum atomic E-state index is 12.3. The second-order valence-electron chi connectivity index (χ2n) is 6.84. The summed E-state index contributed by atoms with van der Waals surface area (Å²) < 4.78 is 34.7. The molecule has 1 atom stereocenters. The summed E-state index contributed by atoms with van der Waals surface area (Å²) >= 11 is 1.60. The molecule has 5 nitrogen and oxygen atoms in total. The molecule has 29 heavy (non-hydrogen) atoms. The zero-order chi connectivity index (χ0) is 20.6. The van der Waals surface area contributed by atoms with E-state index in [1.165, 1.54) is 0 Å². The van der Waals surface area contributed by atoms with Crippen molar-refractivity contribution < 1.29 is 13.0 Å². The van der Waals surface area contributed by atoms with E-state index in [1.807, 2.05) is 60.7 Å². The molecule has 0 bridgehead atoms. The van der Waals surface area contributed by atoms with E-state index in [4.69, 9.17) is 4.98 Å². The summed E-state index contributed by atoms with van der Waals surface area (Å²) in [6.07, 6.45) is 1.06. The average Bonchev–Trinajstić information content (AvgIpc) is 2.72. The number of benzene rings is 2. The highest BCUT2D eigenvalue weighted by Crippen LogP contribution is 2.52. The zero-order valence-corrected chi connectivity index (χ0v) is 17.9. The molecule has 2 heterocycles.